The second-order valence-electron chi connectivity index (χ2n) is 5.14. The molecule has 2 rings (SSSR count). The lowest BCUT2D eigenvalue weighted by molar-refractivity contribution is 0.0937. The van der Waals surface area contributed by atoms with Gasteiger partial charge < -0.3 is 11.1 Å². The van der Waals surface area contributed by atoms with Gasteiger partial charge in [0.25, 0.3) is 5.91 Å². The Morgan fingerprint density at radius 3 is 2.48 bits per heavy atom. The van der Waals surface area contributed by atoms with Crippen LogP contribution >= 0.6 is 36.2 Å². The summed E-state index contributed by atoms with van der Waals surface area (Å²) in [5.74, 6) is 0.860. The number of nitrogens with one attached hydrogen (secondary N) is 1. The first-order valence-electron chi connectivity index (χ1n) is 6.84. The summed E-state index contributed by atoms with van der Waals surface area (Å²) < 4.78 is 0. The zero-order valence-electron chi connectivity index (χ0n) is 12.9. The third-order valence-electron chi connectivity index (χ3n) is 2.86. The number of hydrogen-bond acceptors (Lipinski definition) is 6. The number of carbonyl (C=O) groups is 1. The highest BCUT2D eigenvalue weighted by Gasteiger charge is 2.17. The lowest BCUT2D eigenvalue weighted by atomic mass is 10.0. The van der Waals surface area contributed by atoms with E-state index in [-0.39, 0.29) is 36.8 Å². The number of nitrogens with zero attached hydrogens (tertiary/aromatic N) is 3. The van der Waals surface area contributed by atoms with Crippen molar-refractivity contribution in [3.63, 3.8) is 0 Å². The van der Waals surface area contributed by atoms with Crippen LogP contribution in [0.1, 0.15) is 29.9 Å². The Labute approximate surface area is 152 Å². The minimum atomic E-state index is -0.147. The van der Waals surface area contributed by atoms with Gasteiger partial charge in [-0.15, -0.1) is 36.2 Å². The third-order valence-corrected chi connectivity index (χ3v) is 3.85. The molecule has 2 aromatic rings. The molecule has 23 heavy (non-hydrogen) atoms. The highest BCUT2D eigenvalue weighted by molar-refractivity contribution is 7.16. The Kier molecular flexibility index (Phi) is 9.90. The molecule has 0 saturated carbocycles. The summed E-state index contributed by atoms with van der Waals surface area (Å²) in [5, 5.41) is 3.58. The van der Waals surface area contributed by atoms with E-state index in [0.717, 1.165) is 6.42 Å². The van der Waals surface area contributed by atoms with Crippen LogP contribution in [0.3, 0.4) is 0 Å². The fourth-order valence-electron chi connectivity index (χ4n) is 1.93. The van der Waals surface area contributed by atoms with E-state index in [0.29, 0.717) is 28.2 Å². The molecule has 9 heteroatoms. The molecule has 128 valence electrons. The minimum absolute atomic E-state index is 0. The second kappa shape index (κ2) is 10.5. The predicted octanol–water partition coefficient (Wildman–Crippen LogP) is 2.55. The molecule has 1 amide bonds. The topological polar surface area (TPSA) is 93.8 Å². The molecule has 2 heterocycles. The maximum Gasteiger partial charge on any atom is 0.263 e. The molecule has 0 aliphatic carbocycles. The summed E-state index contributed by atoms with van der Waals surface area (Å²) in [6.45, 7) is 4.64. The summed E-state index contributed by atoms with van der Waals surface area (Å²) in [7, 11) is 0. The van der Waals surface area contributed by atoms with Crippen LogP contribution < -0.4 is 11.1 Å². The van der Waals surface area contributed by atoms with Gasteiger partial charge in [-0.3, -0.25) is 4.79 Å². The first kappa shape index (κ1) is 21.7. The van der Waals surface area contributed by atoms with Crippen LogP contribution in [0.5, 0.6) is 0 Å². The van der Waals surface area contributed by atoms with E-state index in [1.807, 2.05) is 0 Å². The molecule has 6 nitrogen and oxygen atoms in total. The molecule has 0 aliphatic rings. The Hall–Kier alpha value is -1.28. The zero-order chi connectivity index (χ0) is 15.2. The van der Waals surface area contributed by atoms with Crippen LogP contribution in [0.4, 0.5) is 0 Å². The maximum absolute atomic E-state index is 12.2. The van der Waals surface area contributed by atoms with E-state index < -0.39 is 0 Å². The van der Waals surface area contributed by atoms with Crippen molar-refractivity contribution in [2.75, 3.05) is 6.54 Å². The van der Waals surface area contributed by atoms with Crippen molar-refractivity contribution < 1.29 is 4.79 Å². The second-order valence-corrected chi connectivity index (χ2v) is 6.17. The van der Waals surface area contributed by atoms with Gasteiger partial charge in [-0.05, 0) is 18.4 Å². The molecule has 1 atom stereocenters. The van der Waals surface area contributed by atoms with Crippen molar-refractivity contribution in [2.24, 2.45) is 11.7 Å². The van der Waals surface area contributed by atoms with Gasteiger partial charge in [-0.2, -0.15) is 0 Å². The van der Waals surface area contributed by atoms with Gasteiger partial charge in [0.05, 0.1) is 6.20 Å². The molecule has 0 aliphatic heterocycles. The fourth-order valence-corrected chi connectivity index (χ4v) is 2.70. The van der Waals surface area contributed by atoms with Gasteiger partial charge >= 0.3 is 0 Å². The average molecular weight is 378 g/mol. The Bertz CT molecular complexity index is 594. The quantitative estimate of drug-likeness (QED) is 0.806. The first-order valence-corrected chi connectivity index (χ1v) is 7.66. The number of halogens is 2. The normalized spacial score (nSPS) is 11.3. The summed E-state index contributed by atoms with van der Waals surface area (Å²) >= 11 is 1.28. The van der Waals surface area contributed by atoms with Crippen molar-refractivity contribution in [2.45, 2.75) is 26.3 Å². The van der Waals surface area contributed by atoms with Crippen molar-refractivity contribution in [3.8, 4) is 10.8 Å². The van der Waals surface area contributed by atoms with E-state index >= 15 is 0 Å². The Balaban J connectivity index is 0.00000242. The third kappa shape index (κ3) is 6.39. The number of aromatic nitrogens is 3. The molecule has 3 N–H and O–H groups in total. The van der Waals surface area contributed by atoms with Gasteiger partial charge in [-0.25, -0.2) is 15.0 Å². The number of thiazole rings is 1. The van der Waals surface area contributed by atoms with Gasteiger partial charge in [-0.1, -0.05) is 13.8 Å². The number of nitrogens with two attached hydrogens (primary N) is 1. The summed E-state index contributed by atoms with van der Waals surface area (Å²) in [6.07, 6.45) is 5.71. The first-order chi connectivity index (χ1) is 10.1. The minimum Gasteiger partial charge on any atom is -0.347 e. The number of rotatable bonds is 6. The van der Waals surface area contributed by atoms with Crippen LogP contribution in [0.2, 0.25) is 0 Å². The largest absolute Gasteiger partial charge is 0.347 e. The number of amides is 1. The highest BCUT2D eigenvalue weighted by Crippen LogP contribution is 2.21. The Morgan fingerprint density at radius 2 is 1.91 bits per heavy atom. The maximum atomic E-state index is 12.2. The van der Waals surface area contributed by atoms with Crippen molar-refractivity contribution in [1.82, 2.24) is 20.3 Å². The number of hydrogen-bond donors (Lipinski definition) is 2. The van der Waals surface area contributed by atoms with Crippen LogP contribution in [0.15, 0.2) is 24.7 Å². The SMILES string of the molecule is CC(C)CC(CN)NC(=O)c1cnc(-c2ncccn2)s1.Cl.Cl. The molecule has 0 bridgehead atoms. The monoisotopic (exact) mass is 377 g/mol. The molecule has 1 unspecified atom stereocenters. The standard InChI is InChI=1S/C14H19N5OS.2ClH/c1-9(2)6-10(7-15)19-13(20)11-8-18-14(21-11)12-16-4-3-5-17-12;;/h3-5,8-10H,6-7,15H2,1-2H3,(H,19,20);2*1H. The molecule has 0 radical (unpaired) electrons. The molecule has 2 aromatic heterocycles. The molecule has 0 saturated heterocycles. The smallest absolute Gasteiger partial charge is 0.263 e. The van der Waals surface area contributed by atoms with Crippen LogP contribution in [-0.2, 0) is 0 Å². The summed E-state index contributed by atoms with van der Waals surface area (Å²) in [5.41, 5.74) is 5.70. The van der Waals surface area contributed by atoms with E-state index in [4.69, 9.17) is 5.73 Å². The van der Waals surface area contributed by atoms with E-state index in [1.54, 1.807) is 24.7 Å². The molecule has 0 spiro atoms. The van der Waals surface area contributed by atoms with Crippen LogP contribution in [0, 0.1) is 5.92 Å². The van der Waals surface area contributed by atoms with Gasteiger partial charge in [0.1, 0.15) is 4.88 Å². The van der Waals surface area contributed by atoms with Crippen molar-refractivity contribution >= 4 is 42.1 Å². The van der Waals surface area contributed by atoms with E-state index in [2.05, 4.69) is 34.1 Å². The average Bonchev–Trinajstić information content (AvgIpc) is 2.97. The van der Waals surface area contributed by atoms with E-state index in [1.165, 1.54) is 11.3 Å². The van der Waals surface area contributed by atoms with Gasteiger partial charge in [0.2, 0.25) is 0 Å². The summed E-state index contributed by atoms with van der Waals surface area (Å²) in [4.78, 5) is 25.2. The van der Waals surface area contributed by atoms with Crippen LogP contribution in [-0.4, -0.2) is 33.4 Å². The molecular formula is C14H21Cl2N5OS. The lowest BCUT2D eigenvalue weighted by Crippen LogP contribution is -2.40. The van der Waals surface area contributed by atoms with Crippen molar-refractivity contribution in [1.29, 1.82) is 0 Å². The highest BCUT2D eigenvalue weighted by atomic mass is 35.5. The lowest BCUT2D eigenvalue weighted by Gasteiger charge is -2.18. The Morgan fingerprint density at radius 1 is 1.26 bits per heavy atom. The predicted molar refractivity (Wildman–Crippen MR) is 97.4 cm³/mol. The fraction of sp³-hybridized carbons (Fsp3) is 0.429. The molecule has 0 fully saturated rings. The molecular weight excluding hydrogens is 357 g/mol. The van der Waals surface area contributed by atoms with Gasteiger partial charge in [0.15, 0.2) is 10.8 Å². The van der Waals surface area contributed by atoms with Crippen molar-refractivity contribution in [3.05, 3.63) is 29.5 Å². The summed E-state index contributed by atoms with van der Waals surface area (Å²) in [6, 6.07) is 1.72. The molecule has 0 aromatic carbocycles. The zero-order valence-corrected chi connectivity index (χ0v) is 15.4. The number of carbonyl (C=O) groups excluding carboxylic acids is 1. The van der Waals surface area contributed by atoms with E-state index in [9.17, 15) is 4.79 Å². The van der Waals surface area contributed by atoms with Crippen LogP contribution in [0.25, 0.3) is 10.8 Å². The van der Waals surface area contributed by atoms with Gasteiger partial charge in [0, 0.05) is 25.0 Å².